The molecule has 2 aromatic rings. The van der Waals surface area contributed by atoms with Crippen LogP contribution in [0.2, 0.25) is 0 Å². The minimum absolute atomic E-state index is 0.0754. The summed E-state index contributed by atoms with van der Waals surface area (Å²) in [5, 5.41) is 0. The maximum Gasteiger partial charge on any atom is 0.343 e. The molecule has 4 nitrogen and oxygen atoms in total. The largest absolute Gasteiger partial charge is 0.465 e. The number of rotatable bonds is 3. The van der Waals surface area contributed by atoms with Crippen molar-refractivity contribution in [3.05, 3.63) is 82.2 Å². The molecule has 4 heteroatoms. The number of Topliss-reactive ketones (excluding diaryl/α,β-unsaturated/α-hetero) is 1. The van der Waals surface area contributed by atoms with Gasteiger partial charge in [-0.3, -0.25) is 4.79 Å². The smallest absolute Gasteiger partial charge is 0.343 e. The highest BCUT2D eigenvalue weighted by atomic mass is 16.5. The minimum atomic E-state index is -0.614. The van der Waals surface area contributed by atoms with E-state index in [1.54, 1.807) is 13.0 Å². The molecule has 1 heterocycles. The van der Waals surface area contributed by atoms with E-state index in [-0.39, 0.29) is 11.4 Å². The van der Waals surface area contributed by atoms with Gasteiger partial charge in [-0.2, -0.15) is 0 Å². The Bertz CT molecular complexity index is 919. The molecule has 0 aliphatic carbocycles. The highest BCUT2D eigenvalue weighted by molar-refractivity contribution is 6.30. The Balaban J connectivity index is 2.14. The molecule has 0 fully saturated rings. The second-order valence-corrected chi connectivity index (χ2v) is 6.39. The van der Waals surface area contributed by atoms with Gasteiger partial charge in [-0.25, -0.2) is 4.79 Å². The number of carbonyl (C=O) groups excluding carboxylic acids is 2. The van der Waals surface area contributed by atoms with Gasteiger partial charge >= 0.3 is 5.97 Å². The average Bonchev–Trinajstić information content (AvgIpc) is 2.87. The lowest BCUT2D eigenvalue weighted by Crippen LogP contribution is -2.18. The predicted octanol–water partition coefficient (Wildman–Crippen LogP) is 4.18. The third kappa shape index (κ3) is 3.18. The number of aryl methyl sites for hydroxylation is 2. The summed E-state index contributed by atoms with van der Waals surface area (Å²) in [6.07, 6.45) is 1.81. The van der Waals surface area contributed by atoms with Crippen LogP contribution in [0.5, 0.6) is 0 Å². The number of methoxy groups -OCH3 is 1. The summed E-state index contributed by atoms with van der Waals surface area (Å²) in [6.45, 7) is 5.78. The molecule has 2 aromatic carbocycles. The average molecular weight is 347 g/mol. The third-order valence-electron chi connectivity index (χ3n) is 4.46. The lowest BCUT2D eigenvalue weighted by Gasteiger charge is -2.21. The van der Waals surface area contributed by atoms with E-state index >= 15 is 0 Å². The first kappa shape index (κ1) is 17.7. The van der Waals surface area contributed by atoms with E-state index in [0.29, 0.717) is 11.4 Å². The predicted molar refractivity (Wildman–Crippen MR) is 103 cm³/mol. The van der Waals surface area contributed by atoms with Crippen LogP contribution >= 0.6 is 0 Å². The Morgan fingerprint density at radius 2 is 1.46 bits per heavy atom. The van der Waals surface area contributed by atoms with Gasteiger partial charge in [-0.05, 0) is 44.5 Å². The van der Waals surface area contributed by atoms with Crippen LogP contribution in [0, 0.1) is 13.8 Å². The van der Waals surface area contributed by atoms with Gasteiger partial charge in [-0.15, -0.1) is 0 Å². The summed E-state index contributed by atoms with van der Waals surface area (Å²) in [7, 11) is 1.29. The monoisotopic (exact) mass is 347 g/mol. The zero-order chi connectivity index (χ0) is 18.8. The highest BCUT2D eigenvalue weighted by Gasteiger charge is 2.38. The Hall–Kier alpha value is -3.14. The Morgan fingerprint density at radius 1 is 0.923 bits per heavy atom. The van der Waals surface area contributed by atoms with Gasteiger partial charge in [0.1, 0.15) is 5.57 Å². The quantitative estimate of drug-likeness (QED) is 0.475. The van der Waals surface area contributed by atoms with Gasteiger partial charge < -0.3 is 9.64 Å². The second kappa shape index (κ2) is 7.00. The number of esters is 1. The van der Waals surface area contributed by atoms with Crippen molar-refractivity contribution in [2.24, 2.45) is 0 Å². The summed E-state index contributed by atoms with van der Waals surface area (Å²) >= 11 is 0. The minimum Gasteiger partial charge on any atom is -0.465 e. The van der Waals surface area contributed by atoms with Crippen molar-refractivity contribution in [3.8, 4) is 0 Å². The summed E-state index contributed by atoms with van der Waals surface area (Å²) in [4.78, 5) is 26.9. The maximum absolute atomic E-state index is 13.0. The molecule has 3 rings (SSSR count). The normalized spacial score (nSPS) is 15.8. The van der Waals surface area contributed by atoms with Gasteiger partial charge in [0.2, 0.25) is 5.78 Å². The number of allylic oxidation sites excluding steroid dienone is 2. The van der Waals surface area contributed by atoms with Gasteiger partial charge in [0.25, 0.3) is 0 Å². The molecule has 0 saturated carbocycles. The molecule has 0 unspecified atom stereocenters. The SMILES string of the molecule is COC(=O)C1=C(C)N(c2ccc(C)cc2)/C(=C/c2ccc(C)cc2)C1=O. The molecule has 1 aliphatic heterocycles. The fraction of sp³-hybridized carbons (Fsp3) is 0.182. The summed E-state index contributed by atoms with van der Waals surface area (Å²) in [5.41, 5.74) is 5.09. The van der Waals surface area contributed by atoms with Crippen LogP contribution in [-0.4, -0.2) is 18.9 Å². The van der Waals surface area contributed by atoms with Crippen LogP contribution in [0.25, 0.3) is 6.08 Å². The Morgan fingerprint density at radius 3 is 2.00 bits per heavy atom. The van der Waals surface area contributed by atoms with Crippen molar-refractivity contribution in [1.29, 1.82) is 0 Å². The molecule has 0 atom stereocenters. The molecule has 0 spiro atoms. The molecule has 0 saturated heterocycles. The standard InChI is InChI=1S/C22H21NO3/c1-14-5-9-17(10-6-14)13-19-21(24)20(22(25)26-4)16(3)23(19)18-11-7-15(2)8-12-18/h5-13H,1-4H3/b19-13+. The molecule has 132 valence electrons. The van der Waals surface area contributed by atoms with E-state index in [2.05, 4.69) is 0 Å². The summed E-state index contributed by atoms with van der Waals surface area (Å²) in [5.74, 6) is -0.938. The first-order valence-corrected chi connectivity index (χ1v) is 8.41. The summed E-state index contributed by atoms with van der Waals surface area (Å²) < 4.78 is 4.82. The van der Waals surface area contributed by atoms with E-state index in [0.717, 1.165) is 22.4 Å². The van der Waals surface area contributed by atoms with Crippen molar-refractivity contribution in [2.45, 2.75) is 20.8 Å². The van der Waals surface area contributed by atoms with Crippen molar-refractivity contribution < 1.29 is 14.3 Å². The maximum atomic E-state index is 13.0. The Kier molecular flexibility index (Phi) is 4.76. The Labute approximate surface area is 153 Å². The number of nitrogens with zero attached hydrogens (tertiary/aromatic N) is 1. The number of hydrogen-bond donors (Lipinski definition) is 0. The van der Waals surface area contributed by atoms with Crippen molar-refractivity contribution in [2.75, 3.05) is 12.0 Å². The molecular weight excluding hydrogens is 326 g/mol. The zero-order valence-electron chi connectivity index (χ0n) is 15.4. The topological polar surface area (TPSA) is 46.6 Å². The van der Waals surface area contributed by atoms with E-state index < -0.39 is 5.97 Å². The first-order valence-electron chi connectivity index (χ1n) is 8.41. The third-order valence-corrected chi connectivity index (χ3v) is 4.46. The highest BCUT2D eigenvalue weighted by Crippen LogP contribution is 2.35. The molecule has 26 heavy (non-hydrogen) atoms. The van der Waals surface area contributed by atoms with E-state index in [9.17, 15) is 9.59 Å². The lowest BCUT2D eigenvalue weighted by atomic mass is 10.1. The second-order valence-electron chi connectivity index (χ2n) is 6.39. The van der Waals surface area contributed by atoms with Crippen molar-refractivity contribution in [1.82, 2.24) is 0 Å². The van der Waals surface area contributed by atoms with Crippen LogP contribution in [0.4, 0.5) is 5.69 Å². The van der Waals surface area contributed by atoms with E-state index in [1.807, 2.05) is 67.3 Å². The molecular formula is C22H21NO3. The van der Waals surface area contributed by atoms with Gasteiger partial charge in [0.05, 0.1) is 12.8 Å². The molecule has 0 N–H and O–H groups in total. The van der Waals surface area contributed by atoms with E-state index in [4.69, 9.17) is 4.74 Å². The van der Waals surface area contributed by atoms with Crippen LogP contribution in [-0.2, 0) is 14.3 Å². The van der Waals surface area contributed by atoms with Crippen molar-refractivity contribution >= 4 is 23.5 Å². The van der Waals surface area contributed by atoms with Crippen LogP contribution in [0.3, 0.4) is 0 Å². The molecule has 0 radical (unpaired) electrons. The number of benzene rings is 2. The number of hydrogen-bond acceptors (Lipinski definition) is 4. The molecule has 0 bridgehead atoms. The number of carbonyl (C=O) groups is 2. The molecule has 0 amide bonds. The van der Waals surface area contributed by atoms with Gasteiger partial charge in [0.15, 0.2) is 0 Å². The molecule has 0 aromatic heterocycles. The van der Waals surface area contributed by atoms with Crippen LogP contribution < -0.4 is 4.90 Å². The fourth-order valence-electron chi connectivity index (χ4n) is 3.01. The molecule has 1 aliphatic rings. The zero-order valence-corrected chi connectivity index (χ0v) is 15.4. The van der Waals surface area contributed by atoms with Gasteiger partial charge in [0, 0.05) is 11.4 Å². The van der Waals surface area contributed by atoms with Crippen LogP contribution in [0.1, 0.15) is 23.6 Å². The van der Waals surface area contributed by atoms with Crippen molar-refractivity contribution in [3.63, 3.8) is 0 Å². The number of anilines is 1. The van der Waals surface area contributed by atoms with Crippen LogP contribution in [0.15, 0.2) is 65.5 Å². The number of ether oxygens (including phenoxy) is 1. The lowest BCUT2D eigenvalue weighted by molar-refractivity contribution is -0.137. The van der Waals surface area contributed by atoms with Gasteiger partial charge in [-0.1, -0.05) is 47.5 Å². The van der Waals surface area contributed by atoms with E-state index in [1.165, 1.54) is 7.11 Å². The fourth-order valence-corrected chi connectivity index (χ4v) is 3.01. The number of ketones is 1. The summed E-state index contributed by atoms with van der Waals surface area (Å²) in [6, 6.07) is 15.7. The first-order chi connectivity index (χ1) is 12.4.